The Balaban J connectivity index is 4.52. The van der Waals surface area contributed by atoms with Gasteiger partial charge in [0.05, 0.1) is 12.6 Å². The predicted octanol–water partition coefficient (Wildman–Crippen LogP) is 0.642. The van der Waals surface area contributed by atoms with E-state index in [0.29, 0.717) is 19.1 Å². The summed E-state index contributed by atoms with van der Waals surface area (Å²) in [6, 6.07) is -0.289. The van der Waals surface area contributed by atoms with Gasteiger partial charge < -0.3 is 15.0 Å². The average Bonchev–Trinajstić information content (AvgIpc) is 2.25. The molecule has 5 nitrogen and oxygen atoms in total. The van der Waals surface area contributed by atoms with Gasteiger partial charge in [0.1, 0.15) is 6.54 Å². The molecule has 0 aliphatic rings. The molecule has 0 radical (unpaired) electrons. The van der Waals surface area contributed by atoms with E-state index < -0.39 is 0 Å². The van der Waals surface area contributed by atoms with E-state index in [2.05, 4.69) is 5.32 Å². The van der Waals surface area contributed by atoms with Crippen molar-refractivity contribution in [3.63, 3.8) is 0 Å². The van der Waals surface area contributed by atoms with E-state index in [0.717, 1.165) is 0 Å². The summed E-state index contributed by atoms with van der Waals surface area (Å²) in [5, 5.41) is 2.88. The lowest BCUT2D eigenvalue weighted by atomic mass is 10.2. The molecule has 0 fully saturated rings. The maximum Gasteiger partial charge on any atom is 0.325 e. The minimum atomic E-state index is -0.357. The van der Waals surface area contributed by atoms with Crippen molar-refractivity contribution in [3.05, 3.63) is 0 Å². The van der Waals surface area contributed by atoms with Crippen LogP contribution in [0.4, 0.5) is 0 Å². The molecule has 0 saturated heterocycles. The summed E-state index contributed by atoms with van der Waals surface area (Å²) in [7, 11) is 1.72. The van der Waals surface area contributed by atoms with E-state index in [1.165, 1.54) is 0 Å². The summed E-state index contributed by atoms with van der Waals surface area (Å²) in [4.78, 5) is 25.0. The molecule has 100 valence electrons. The molecule has 0 spiro atoms. The standard InChI is InChI=1S/C12H24N2O3/c1-6-17-11(15)8-14(7-9(2)3)12(16)10(4)13-5/h9-10,13H,6-8H2,1-5H3. The third-order valence-corrected chi connectivity index (χ3v) is 2.33. The van der Waals surface area contributed by atoms with Gasteiger partial charge in [0.2, 0.25) is 5.91 Å². The van der Waals surface area contributed by atoms with Crippen LogP contribution in [0.1, 0.15) is 27.7 Å². The number of ether oxygens (including phenoxy) is 1. The fourth-order valence-corrected chi connectivity index (χ4v) is 1.43. The lowest BCUT2D eigenvalue weighted by Crippen LogP contribution is -2.47. The molecule has 0 saturated carbocycles. The molecular formula is C12H24N2O3. The van der Waals surface area contributed by atoms with Crippen LogP contribution in [-0.2, 0) is 14.3 Å². The second-order valence-corrected chi connectivity index (χ2v) is 4.43. The van der Waals surface area contributed by atoms with Gasteiger partial charge in [0.25, 0.3) is 0 Å². The fourth-order valence-electron chi connectivity index (χ4n) is 1.43. The SMILES string of the molecule is CCOC(=O)CN(CC(C)C)C(=O)C(C)NC. The Morgan fingerprint density at radius 2 is 1.88 bits per heavy atom. The Morgan fingerprint density at radius 1 is 1.29 bits per heavy atom. The first-order chi connectivity index (χ1) is 7.92. The lowest BCUT2D eigenvalue weighted by molar-refractivity contribution is -0.149. The molecule has 1 amide bonds. The summed E-state index contributed by atoms with van der Waals surface area (Å²) in [5.41, 5.74) is 0. The molecular weight excluding hydrogens is 220 g/mol. The van der Waals surface area contributed by atoms with Gasteiger partial charge in [0.15, 0.2) is 0 Å². The Morgan fingerprint density at radius 3 is 2.29 bits per heavy atom. The van der Waals surface area contributed by atoms with Gasteiger partial charge in [-0.15, -0.1) is 0 Å². The van der Waals surface area contributed by atoms with Crippen LogP contribution >= 0.6 is 0 Å². The predicted molar refractivity (Wildman–Crippen MR) is 66.6 cm³/mol. The van der Waals surface area contributed by atoms with E-state index in [1.807, 2.05) is 13.8 Å². The maximum atomic E-state index is 12.0. The second-order valence-electron chi connectivity index (χ2n) is 4.43. The molecule has 0 aliphatic heterocycles. The van der Waals surface area contributed by atoms with Crippen molar-refractivity contribution in [2.24, 2.45) is 5.92 Å². The molecule has 5 heteroatoms. The highest BCUT2D eigenvalue weighted by Crippen LogP contribution is 2.02. The van der Waals surface area contributed by atoms with E-state index in [9.17, 15) is 9.59 Å². The molecule has 17 heavy (non-hydrogen) atoms. The van der Waals surface area contributed by atoms with Gasteiger partial charge in [-0.25, -0.2) is 0 Å². The minimum absolute atomic E-state index is 0.0247. The van der Waals surface area contributed by atoms with Crippen molar-refractivity contribution < 1.29 is 14.3 Å². The zero-order valence-corrected chi connectivity index (χ0v) is 11.4. The fraction of sp³-hybridized carbons (Fsp3) is 0.833. The quantitative estimate of drug-likeness (QED) is 0.668. The number of hydrogen-bond acceptors (Lipinski definition) is 4. The average molecular weight is 244 g/mol. The smallest absolute Gasteiger partial charge is 0.325 e. The summed E-state index contributed by atoms with van der Waals surface area (Å²) >= 11 is 0. The molecule has 0 aliphatic carbocycles. The summed E-state index contributed by atoms with van der Waals surface area (Å²) < 4.78 is 4.86. The largest absolute Gasteiger partial charge is 0.465 e. The Labute approximate surface area is 103 Å². The number of nitrogens with zero attached hydrogens (tertiary/aromatic N) is 1. The Kier molecular flexibility index (Phi) is 7.54. The van der Waals surface area contributed by atoms with Crippen LogP contribution in [0.15, 0.2) is 0 Å². The molecule has 0 aromatic rings. The third-order valence-electron chi connectivity index (χ3n) is 2.33. The van der Waals surface area contributed by atoms with Gasteiger partial charge >= 0.3 is 5.97 Å². The van der Waals surface area contributed by atoms with Crippen LogP contribution in [0.5, 0.6) is 0 Å². The normalized spacial score (nSPS) is 12.4. The first-order valence-corrected chi connectivity index (χ1v) is 6.04. The molecule has 0 heterocycles. The third kappa shape index (κ3) is 6.26. The number of hydrogen-bond donors (Lipinski definition) is 1. The van der Waals surface area contributed by atoms with Crippen LogP contribution < -0.4 is 5.32 Å². The first-order valence-electron chi connectivity index (χ1n) is 6.04. The summed E-state index contributed by atoms with van der Waals surface area (Å²) in [6.45, 7) is 8.47. The van der Waals surface area contributed by atoms with Gasteiger partial charge in [-0.2, -0.15) is 0 Å². The highest BCUT2D eigenvalue weighted by molar-refractivity contribution is 5.85. The number of carbonyl (C=O) groups is 2. The number of rotatable bonds is 7. The molecule has 0 aromatic carbocycles. The van der Waals surface area contributed by atoms with E-state index in [-0.39, 0.29) is 24.5 Å². The van der Waals surface area contributed by atoms with Crippen molar-refractivity contribution in [2.45, 2.75) is 33.7 Å². The number of nitrogens with one attached hydrogen (secondary N) is 1. The highest BCUT2D eigenvalue weighted by Gasteiger charge is 2.22. The summed E-state index contributed by atoms with van der Waals surface area (Å²) in [6.07, 6.45) is 0. The molecule has 0 aromatic heterocycles. The zero-order chi connectivity index (χ0) is 13.4. The number of amides is 1. The molecule has 1 unspecified atom stereocenters. The van der Waals surface area contributed by atoms with Gasteiger partial charge in [-0.05, 0) is 26.8 Å². The number of carbonyl (C=O) groups excluding carboxylic acids is 2. The number of likely N-dealkylation sites (N-methyl/N-ethyl adjacent to an activating group) is 1. The molecule has 0 bridgehead atoms. The Bertz CT molecular complexity index is 254. The zero-order valence-electron chi connectivity index (χ0n) is 11.4. The Hall–Kier alpha value is -1.10. The van der Waals surface area contributed by atoms with Gasteiger partial charge in [0, 0.05) is 6.54 Å². The summed E-state index contributed by atoms with van der Waals surface area (Å²) in [5.74, 6) is -0.114. The van der Waals surface area contributed by atoms with E-state index in [1.54, 1.807) is 25.8 Å². The van der Waals surface area contributed by atoms with E-state index >= 15 is 0 Å². The van der Waals surface area contributed by atoms with Crippen molar-refractivity contribution in [1.29, 1.82) is 0 Å². The second kappa shape index (κ2) is 8.06. The minimum Gasteiger partial charge on any atom is -0.465 e. The lowest BCUT2D eigenvalue weighted by Gasteiger charge is -2.26. The first kappa shape index (κ1) is 15.9. The topological polar surface area (TPSA) is 58.6 Å². The molecule has 1 atom stereocenters. The van der Waals surface area contributed by atoms with Crippen LogP contribution in [0, 0.1) is 5.92 Å². The van der Waals surface area contributed by atoms with Gasteiger partial charge in [-0.1, -0.05) is 13.8 Å². The van der Waals surface area contributed by atoms with Gasteiger partial charge in [-0.3, -0.25) is 9.59 Å². The highest BCUT2D eigenvalue weighted by atomic mass is 16.5. The number of esters is 1. The van der Waals surface area contributed by atoms with Crippen molar-refractivity contribution in [3.8, 4) is 0 Å². The van der Waals surface area contributed by atoms with Crippen LogP contribution in [-0.4, -0.2) is 49.6 Å². The van der Waals surface area contributed by atoms with Crippen LogP contribution in [0.25, 0.3) is 0 Å². The van der Waals surface area contributed by atoms with Crippen LogP contribution in [0.3, 0.4) is 0 Å². The van der Waals surface area contributed by atoms with Crippen LogP contribution in [0.2, 0.25) is 0 Å². The monoisotopic (exact) mass is 244 g/mol. The van der Waals surface area contributed by atoms with E-state index in [4.69, 9.17) is 4.74 Å². The molecule has 1 N–H and O–H groups in total. The maximum absolute atomic E-state index is 12.0. The van der Waals surface area contributed by atoms with Crippen molar-refractivity contribution in [2.75, 3.05) is 26.7 Å². The van der Waals surface area contributed by atoms with Crippen molar-refractivity contribution >= 4 is 11.9 Å². The van der Waals surface area contributed by atoms with Crippen molar-refractivity contribution in [1.82, 2.24) is 10.2 Å². The molecule has 0 rings (SSSR count).